The van der Waals surface area contributed by atoms with Crippen LogP contribution >= 0.6 is 0 Å². The van der Waals surface area contributed by atoms with E-state index in [0.29, 0.717) is 21.7 Å². The Labute approximate surface area is 869 Å². The van der Waals surface area contributed by atoms with Crippen molar-refractivity contribution in [2.75, 3.05) is 56.6 Å². The molecule has 16 aromatic rings. The maximum absolute atomic E-state index is 11.6. The van der Waals surface area contributed by atoms with E-state index in [9.17, 15) is 63.9 Å². The summed E-state index contributed by atoms with van der Waals surface area (Å²) in [6.07, 6.45) is 0. The predicted octanol–water partition coefficient (Wildman–Crippen LogP) is 24.3. The quantitative estimate of drug-likeness (QED) is 0.0278. The van der Waals surface area contributed by atoms with Crippen LogP contribution in [0.25, 0.3) is 86.2 Å². The van der Waals surface area contributed by atoms with Crippen molar-refractivity contribution in [3.63, 3.8) is 0 Å². The number of rotatable bonds is 24. The third kappa shape index (κ3) is 27.9. The van der Waals surface area contributed by atoms with Gasteiger partial charge in [-0.2, -0.15) is 0 Å². The van der Waals surface area contributed by atoms with Gasteiger partial charge in [-0.1, -0.05) is 194 Å². The number of ether oxygens (including phenoxy) is 8. The summed E-state index contributed by atoms with van der Waals surface area (Å²) < 4.78 is 485. The van der Waals surface area contributed by atoms with Crippen LogP contribution in [0.3, 0.4) is 0 Å². The highest BCUT2D eigenvalue weighted by Gasteiger charge is 2.22. The molecule has 8 unspecified atom stereocenters. The van der Waals surface area contributed by atoms with Gasteiger partial charge >= 0.3 is 47.8 Å². The predicted molar refractivity (Wildman–Crippen MR) is 532 cm³/mol. The van der Waals surface area contributed by atoms with E-state index in [1.165, 1.54) is 94.8 Å². The number of carboxylic acid groups (broad SMARTS) is 8. The molecule has 0 aliphatic carbocycles. The fourth-order valence-electron chi connectivity index (χ4n) is 11.0. The Balaban J connectivity index is 0.000000241. The van der Waals surface area contributed by atoms with Gasteiger partial charge < -0.3 is 78.7 Å². The number of benzene rings is 16. The molecule has 136 heavy (non-hydrogen) atoms. The summed E-state index contributed by atoms with van der Waals surface area (Å²) >= 11 is 0. The summed E-state index contributed by atoms with van der Waals surface area (Å²) in [5, 5.41) is 74.0. The van der Waals surface area contributed by atoms with Crippen LogP contribution in [0, 0.1) is 0 Å². The largest absolute Gasteiger partial charge is 0.497 e. The first kappa shape index (κ1) is 48.9. The lowest BCUT2D eigenvalue weighted by Gasteiger charge is -2.08. The Morgan fingerprint density at radius 2 is 0.434 bits per heavy atom. The summed E-state index contributed by atoms with van der Waals surface area (Å²) in [7, 11) is -5.87. The molecule has 24 heteroatoms. The summed E-state index contributed by atoms with van der Waals surface area (Å²) in [6.45, 7) is -7.82. The first-order valence-electron chi connectivity index (χ1n) is 67.5. The van der Waals surface area contributed by atoms with Crippen LogP contribution in [0.5, 0.6) is 46.0 Å². The number of carbonyl (C=O) groups is 8. The third-order valence-electron chi connectivity index (χ3n) is 18.6. The molecule has 24 nitrogen and oxygen atoms in total. The highest BCUT2D eigenvalue weighted by atomic mass is 16.5. The number of fused-ring (bicyclic) bond motifs is 8. The van der Waals surface area contributed by atoms with Crippen LogP contribution in [0.2, 0.25) is 0 Å². The van der Waals surface area contributed by atoms with Crippen LogP contribution in [-0.2, 0) is 38.4 Å². The molecule has 0 saturated heterocycles. The zero-order valence-electron chi connectivity index (χ0n) is 130. The fourth-order valence-corrected chi connectivity index (χ4v) is 11.0. The number of aliphatic carboxylic acids is 8. The van der Waals surface area contributed by atoms with Crippen molar-refractivity contribution >= 4 is 134 Å². The van der Waals surface area contributed by atoms with E-state index in [2.05, 4.69) is 0 Å². The highest BCUT2D eigenvalue weighted by molar-refractivity contribution is 5.94. The average molecular weight is 1900 g/mol. The molecule has 0 saturated carbocycles. The second kappa shape index (κ2) is 48.8. The molecule has 0 aliphatic heterocycles. The Morgan fingerprint density at radius 1 is 0.213 bits per heavy atom. The maximum atomic E-state index is 11.6. The Kier molecular flexibility index (Phi) is 17.6. The number of carboxylic acids is 8. The summed E-state index contributed by atoms with van der Waals surface area (Å²) in [5.74, 6) is -30.8. The molecule has 704 valence electrons. The topological polar surface area (TPSA) is 372 Å². The lowest BCUT2D eigenvalue weighted by atomic mass is 9.98. The zero-order chi connectivity index (χ0) is 149. The van der Waals surface area contributed by atoms with E-state index in [4.69, 9.17) is 133 Å². The minimum absolute atomic E-state index is 0.00659. The van der Waals surface area contributed by atoms with Crippen LogP contribution < -0.4 is 37.9 Å². The maximum Gasteiger partial charge on any atom is 0.310 e. The highest BCUT2D eigenvalue weighted by Crippen LogP contribution is 2.35. The summed E-state index contributed by atoms with van der Waals surface area (Å²) in [6, 6.07) is 8.61. The second-order valence-electron chi connectivity index (χ2n) is 27.4. The van der Waals surface area contributed by atoms with Crippen molar-refractivity contribution in [2.24, 2.45) is 0 Å². The normalized spacial score (nSPS) is 20.1. The Hall–Kier alpha value is -16.2. The monoisotopic (exact) mass is 1900 g/mol. The van der Waals surface area contributed by atoms with E-state index < -0.39 is 315 Å². The van der Waals surface area contributed by atoms with Gasteiger partial charge in [-0.25, -0.2) is 0 Å². The smallest absolute Gasteiger partial charge is 0.310 e. The molecule has 0 fully saturated rings. The van der Waals surface area contributed by atoms with Crippen molar-refractivity contribution < 1.29 is 197 Å². The molecule has 0 spiro atoms. The number of methoxy groups -OCH3 is 8. The minimum atomic E-state index is -3.49. The van der Waals surface area contributed by atoms with Crippen LogP contribution in [0.15, 0.2) is 290 Å². The number of hydrogen-bond donors (Lipinski definition) is 8. The van der Waals surface area contributed by atoms with E-state index in [1.54, 1.807) is 25.1 Å². The van der Waals surface area contributed by atoms with E-state index >= 15 is 0 Å². The minimum Gasteiger partial charge on any atom is -0.497 e. The van der Waals surface area contributed by atoms with Crippen molar-refractivity contribution in [1.29, 1.82) is 0 Å². The Morgan fingerprint density at radius 3 is 0.743 bits per heavy atom. The first-order chi connectivity index (χ1) is 88.4. The van der Waals surface area contributed by atoms with Gasteiger partial charge in [0.1, 0.15) is 46.0 Å². The Bertz CT molecular complexity index is 10100. The van der Waals surface area contributed by atoms with Crippen LogP contribution in [0.4, 0.5) is 0 Å². The molecule has 0 heterocycles. The van der Waals surface area contributed by atoms with Crippen LogP contribution in [0.1, 0.15) is 226 Å². The standard InChI is InChI=1S/8C14H14O3/c8*1-9(14(15)16)10-3-4-12-8-13(17-2)6-5-11(12)7-10/h8*3-9H,1-2H3,(H,15,16)/i1D3,3D,4D,5D,6D,7D,8D,9D;1D3,3D,4D,5D,6D,7D,8D;1D3,2D3,3D,4D,7D,9D;2D3,3D,4D,7D,9D;1D3,2D3,3D,4D,7D;5D,6D,8D,9D;2D3,3D,4D,7D;5D,6D,8D. The van der Waals surface area contributed by atoms with Gasteiger partial charge in [0.15, 0.2) is 0 Å². The molecule has 0 aliphatic rings. The van der Waals surface area contributed by atoms with Gasteiger partial charge in [0.05, 0.1) is 161 Å². The van der Waals surface area contributed by atoms with Crippen molar-refractivity contribution in [3.05, 3.63) is 335 Å². The van der Waals surface area contributed by atoms with Crippen molar-refractivity contribution in [2.45, 2.75) is 102 Å². The lowest BCUT2D eigenvalue weighted by molar-refractivity contribution is -0.139. The molecule has 16 rings (SSSR count). The SMILES string of the molecule is [2H]c1c(C(C(=O)O)C([2H])([2H])[2H])c([2H])c2c([2H])c([2H])c(OC)c([2H])c2c1[2H].[2H]c1c(C(C(=O)O)C([2H])([2H])[2H])c([2H])c2ccc(OC([2H])([2H])[2H])cc2c1[2H].[2H]c1c(C(C)C(=O)O)c([2H])c2ccc(OC([2H])([2H])[2H])cc2c1[2H].[2H]c1c(C([2H])(C(=O)O)C([2H])([2H])[2H])c([2H])c2c([2H])c([2H])c(OC)c([2H])c2c1[2H].[2H]c1c(C([2H])(C(=O)O)C([2H])([2H])[2H])c([2H])c2ccc(OC([2H])([2H])[2H])cc2c1[2H].[2H]c1c(C([2H])(C)C(=O)O)c([2H])c2ccc(OC([2H])([2H])[2H])cc2c1[2H].[2H]c1c(OC)c([2H])c2ccc(C(C)C(=O)O)cc2c1[2H].[2H]c1c(OC)c([2H])c2ccc(C([2H])(C)C(=O)O)cc2c1[2H]. The molecule has 8 atom stereocenters. The molecule has 0 aromatic heterocycles. The second-order valence-corrected chi connectivity index (χ2v) is 27.4. The zero-order valence-corrected chi connectivity index (χ0v) is 71.8. The van der Waals surface area contributed by atoms with Crippen molar-refractivity contribution in [1.82, 2.24) is 0 Å². The molecular formula is C112H112O24. The molecule has 16 aromatic carbocycles. The lowest BCUT2D eigenvalue weighted by Crippen LogP contribution is -2.06. The molecule has 0 amide bonds. The summed E-state index contributed by atoms with van der Waals surface area (Å²) in [4.78, 5) is 90.7. The molecule has 0 radical (unpaired) electrons. The van der Waals surface area contributed by atoms with Gasteiger partial charge in [-0.3, -0.25) is 38.4 Å². The van der Waals surface area contributed by atoms with Gasteiger partial charge in [-0.05, 0) is 283 Å². The van der Waals surface area contributed by atoms with E-state index in [0.717, 1.165) is 45.4 Å². The molecule has 8 N–H and O–H groups in total. The van der Waals surface area contributed by atoms with Crippen molar-refractivity contribution in [3.8, 4) is 46.0 Å². The van der Waals surface area contributed by atoms with Gasteiger partial charge in [0, 0.05) is 21.9 Å². The first-order valence-corrected chi connectivity index (χ1v) is 38.5. The summed E-state index contributed by atoms with van der Waals surface area (Å²) in [5.41, 5.74) is -3.05. The molecule has 0 bridgehead atoms. The fraction of sp³-hybridized carbons (Fsp3) is 0.214. The molecular weight excluding hydrogens is 1730 g/mol. The van der Waals surface area contributed by atoms with E-state index in [-0.39, 0.29) is 171 Å². The van der Waals surface area contributed by atoms with Crippen LogP contribution in [-0.4, -0.2) is 145 Å². The average Bonchev–Trinajstić information content (AvgIpc) is 0.716. The van der Waals surface area contributed by atoms with Gasteiger partial charge in [0.2, 0.25) is 0 Å². The number of hydrogen-bond acceptors (Lipinski definition) is 16. The third-order valence-corrected chi connectivity index (χ3v) is 18.6. The van der Waals surface area contributed by atoms with Gasteiger partial charge in [0.25, 0.3) is 0 Å². The van der Waals surface area contributed by atoms with E-state index in [1.807, 2.05) is 0 Å². The van der Waals surface area contributed by atoms with Gasteiger partial charge in [-0.15, -0.1) is 0 Å².